The van der Waals surface area contributed by atoms with Crippen molar-refractivity contribution in [3.05, 3.63) is 0 Å². The number of nitrogens with one attached hydrogen (secondary N) is 2. The van der Waals surface area contributed by atoms with Crippen molar-refractivity contribution in [2.75, 3.05) is 13.6 Å². The lowest BCUT2D eigenvalue weighted by Crippen LogP contribution is -2.36. The van der Waals surface area contributed by atoms with Gasteiger partial charge in [0.1, 0.15) is 0 Å². The third-order valence-corrected chi connectivity index (χ3v) is 1.57. The molecule has 0 aromatic carbocycles. The predicted octanol–water partition coefficient (Wildman–Crippen LogP) is 1.07. The molecule has 2 N–H and O–H groups in total. The Morgan fingerprint density at radius 3 is 2.46 bits per heavy atom. The Hall–Kier alpha value is -1.24. The lowest BCUT2D eigenvalue weighted by Gasteiger charge is -2.18. The highest BCUT2D eigenvalue weighted by Gasteiger charge is 2.09. The number of guanidine groups is 1. The molecule has 74 valence electrons. The Bertz CT molecular complexity index is 207. The molecule has 4 heteroatoms. The summed E-state index contributed by atoms with van der Waals surface area (Å²) in [5.74, 6) is 0.534. The standard InChI is InChI=1S/C9H18N4/c1-9(2,3)5-6-12-8(11-4)13-7-10/h5-6H2,1-4H3,(H2,11,12,13). The van der Waals surface area contributed by atoms with Crippen LogP contribution in [0, 0.1) is 16.9 Å². The summed E-state index contributed by atoms with van der Waals surface area (Å²) in [5, 5.41) is 14.2. The zero-order chi connectivity index (χ0) is 10.3. The SMILES string of the molecule is CN/C(=N\C#N)NCCC(C)(C)C. The van der Waals surface area contributed by atoms with Crippen LogP contribution in [0.2, 0.25) is 0 Å². The smallest absolute Gasteiger partial charge is 0.209 e. The average Bonchev–Trinajstić information content (AvgIpc) is 2.01. The Kier molecular flexibility index (Phi) is 4.90. The first-order valence-electron chi connectivity index (χ1n) is 4.38. The fourth-order valence-electron chi connectivity index (χ4n) is 0.790. The highest BCUT2D eigenvalue weighted by Crippen LogP contribution is 2.16. The zero-order valence-corrected chi connectivity index (χ0v) is 8.81. The van der Waals surface area contributed by atoms with Crippen molar-refractivity contribution in [3.8, 4) is 6.19 Å². The van der Waals surface area contributed by atoms with Gasteiger partial charge in [-0.3, -0.25) is 0 Å². The number of nitrogens with zero attached hydrogens (tertiary/aromatic N) is 2. The fraction of sp³-hybridized carbons (Fsp3) is 0.778. The highest BCUT2D eigenvalue weighted by atomic mass is 15.2. The van der Waals surface area contributed by atoms with Gasteiger partial charge in [-0.05, 0) is 11.8 Å². The van der Waals surface area contributed by atoms with E-state index in [-0.39, 0.29) is 0 Å². The van der Waals surface area contributed by atoms with Crippen molar-refractivity contribution in [2.45, 2.75) is 27.2 Å². The second-order valence-electron chi connectivity index (χ2n) is 4.05. The van der Waals surface area contributed by atoms with Gasteiger partial charge in [-0.15, -0.1) is 4.99 Å². The average molecular weight is 182 g/mol. The summed E-state index contributed by atoms with van der Waals surface area (Å²) < 4.78 is 0. The van der Waals surface area contributed by atoms with Crippen LogP contribution in [-0.4, -0.2) is 19.6 Å². The van der Waals surface area contributed by atoms with E-state index >= 15 is 0 Å². The molecular formula is C9H18N4. The van der Waals surface area contributed by atoms with Crippen molar-refractivity contribution >= 4 is 5.96 Å². The maximum absolute atomic E-state index is 8.31. The largest absolute Gasteiger partial charge is 0.359 e. The maximum atomic E-state index is 8.31. The van der Waals surface area contributed by atoms with Gasteiger partial charge >= 0.3 is 0 Å². The van der Waals surface area contributed by atoms with Gasteiger partial charge in [-0.2, -0.15) is 5.26 Å². The minimum atomic E-state index is 0.304. The van der Waals surface area contributed by atoms with E-state index in [2.05, 4.69) is 36.4 Å². The van der Waals surface area contributed by atoms with Crippen LogP contribution < -0.4 is 10.6 Å². The van der Waals surface area contributed by atoms with E-state index in [9.17, 15) is 0 Å². The van der Waals surface area contributed by atoms with Crippen LogP contribution in [0.15, 0.2) is 4.99 Å². The first-order chi connectivity index (χ1) is 5.99. The van der Waals surface area contributed by atoms with E-state index in [1.807, 2.05) is 0 Å². The lowest BCUT2D eigenvalue weighted by atomic mass is 9.92. The molecule has 0 aliphatic rings. The van der Waals surface area contributed by atoms with Crippen LogP contribution in [0.1, 0.15) is 27.2 Å². The molecule has 4 nitrogen and oxygen atoms in total. The molecule has 0 aromatic rings. The minimum absolute atomic E-state index is 0.304. The van der Waals surface area contributed by atoms with E-state index in [4.69, 9.17) is 5.26 Å². The predicted molar refractivity (Wildman–Crippen MR) is 54.2 cm³/mol. The summed E-state index contributed by atoms with van der Waals surface area (Å²) in [6.45, 7) is 7.35. The van der Waals surface area contributed by atoms with E-state index in [0.717, 1.165) is 13.0 Å². The molecule has 0 rings (SSSR count). The molecule has 0 saturated carbocycles. The molecule has 0 heterocycles. The molecule has 0 atom stereocenters. The Morgan fingerprint density at radius 2 is 2.08 bits per heavy atom. The molecule has 0 spiro atoms. The van der Waals surface area contributed by atoms with E-state index < -0.39 is 0 Å². The first-order valence-corrected chi connectivity index (χ1v) is 4.38. The monoisotopic (exact) mass is 182 g/mol. The molecule has 0 aliphatic heterocycles. The quantitative estimate of drug-likeness (QED) is 0.381. The molecule has 0 aromatic heterocycles. The molecule has 0 unspecified atom stereocenters. The molecule has 0 bridgehead atoms. The van der Waals surface area contributed by atoms with Gasteiger partial charge in [-0.25, -0.2) is 0 Å². The number of nitriles is 1. The van der Waals surface area contributed by atoms with E-state index in [0.29, 0.717) is 11.4 Å². The summed E-state index contributed by atoms with van der Waals surface area (Å²) in [5.41, 5.74) is 0.304. The van der Waals surface area contributed by atoms with Crippen LogP contribution >= 0.6 is 0 Å². The summed E-state index contributed by atoms with van der Waals surface area (Å²) in [7, 11) is 1.74. The number of hydrogen-bond acceptors (Lipinski definition) is 2. The molecule has 0 saturated heterocycles. The molecule has 0 fully saturated rings. The first kappa shape index (κ1) is 11.8. The minimum Gasteiger partial charge on any atom is -0.359 e. The number of aliphatic imine (C=N–C) groups is 1. The van der Waals surface area contributed by atoms with Gasteiger partial charge in [0.25, 0.3) is 0 Å². The van der Waals surface area contributed by atoms with Crippen molar-refractivity contribution < 1.29 is 0 Å². The summed E-state index contributed by atoms with van der Waals surface area (Å²) in [6, 6.07) is 0. The van der Waals surface area contributed by atoms with Crippen LogP contribution in [0.5, 0.6) is 0 Å². The summed E-state index contributed by atoms with van der Waals surface area (Å²) >= 11 is 0. The van der Waals surface area contributed by atoms with Crippen LogP contribution in [-0.2, 0) is 0 Å². The Labute approximate surface area is 80.0 Å². The van der Waals surface area contributed by atoms with Crippen molar-refractivity contribution in [3.63, 3.8) is 0 Å². The van der Waals surface area contributed by atoms with Gasteiger partial charge in [0.15, 0.2) is 0 Å². The molecule has 0 radical (unpaired) electrons. The van der Waals surface area contributed by atoms with Gasteiger partial charge in [-0.1, -0.05) is 20.8 Å². The second-order valence-corrected chi connectivity index (χ2v) is 4.05. The summed E-state index contributed by atoms with van der Waals surface area (Å²) in [4.78, 5) is 3.56. The van der Waals surface area contributed by atoms with Gasteiger partial charge < -0.3 is 10.6 Å². The van der Waals surface area contributed by atoms with Gasteiger partial charge in [0.2, 0.25) is 12.2 Å². The number of hydrogen-bond donors (Lipinski definition) is 2. The van der Waals surface area contributed by atoms with E-state index in [1.54, 1.807) is 13.2 Å². The topological polar surface area (TPSA) is 60.2 Å². The zero-order valence-electron chi connectivity index (χ0n) is 8.81. The molecule has 0 aliphatic carbocycles. The van der Waals surface area contributed by atoms with Crippen molar-refractivity contribution in [1.82, 2.24) is 10.6 Å². The molecular weight excluding hydrogens is 164 g/mol. The lowest BCUT2D eigenvalue weighted by molar-refractivity contribution is 0.377. The second kappa shape index (κ2) is 5.41. The third-order valence-electron chi connectivity index (χ3n) is 1.57. The molecule has 13 heavy (non-hydrogen) atoms. The molecule has 0 amide bonds. The third kappa shape index (κ3) is 7.13. The summed E-state index contributed by atoms with van der Waals surface area (Å²) in [6.07, 6.45) is 2.77. The maximum Gasteiger partial charge on any atom is 0.209 e. The van der Waals surface area contributed by atoms with Crippen LogP contribution in [0.25, 0.3) is 0 Å². The van der Waals surface area contributed by atoms with Gasteiger partial charge in [0, 0.05) is 13.6 Å². The van der Waals surface area contributed by atoms with Gasteiger partial charge in [0.05, 0.1) is 0 Å². The van der Waals surface area contributed by atoms with Crippen molar-refractivity contribution in [2.24, 2.45) is 10.4 Å². The van der Waals surface area contributed by atoms with Crippen LogP contribution in [0.3, 0.4) is 0 Å². The number of rotatable bonds is 2. The van der Waals surface area contributed by atoms with E-state index in [1.165, 1.54) is 0 Å². The highest BCUT2D eigenvalue weighted by molar-refractivity contribution is 5.80. The van der Waals surface area contributed by atoms with Crippen molar-refractivity contribution in [1.29, 1.82) is 5.26 Å². The van der Waals surface area contributed by atoms with Crippen LogP contribution in [0.4, 0.5) is 0 Å². The Morgan fingerprint density at radius 1 is 1.46 bits per heavy atom. The Balaban J connectivity index is 3.76. The normalized spacial score (nSPS) is 12.1. The fourth-order valence-corrected chi connectivity index (χ4v) is 0.790.